The van der Waals surface area contributed by atoms with Crippen molar-refractivity contribution in [2.45, 2.75) is 37.1 Å². The third-order valence-electron chi connectivity index (χ3n) is 7.69. The first-order chi connectivity index (χ1) is 16.5. The lowest BCUT2D eigenvalue weighted by atomic mass is 10.1. The summed E-state index contributed by atoms with van der Waals surface area (Å²) in [5, 5.41) is 7.22. The molecule has 6 rings (SSSR count). The zero-order chi connectivity index (χ0) is 23.3. The normalized spacial score (nSPS) is 28.4. The van der Waals surface area contributed by atoms with E-state index in [0.717, 1.165) is 37.2 Å². The second-order valence-electron chi connectivity index (χ2n) is 9.68. The van der Waals surface area contributed by atoms with Crippen molar-refractivity contribution < 1.29 is 12.8 Å². The molecule has 1 aromatic heterocycles. The Kier molecular flexibility index (Phi) is 5.41. The molecule has 178 valence electrons. The van der Waals surface area contributed by atoms with Gasteiger partial charge in [-0.1, -0.05) is 42.8 Å². The van der Waals surface area contributed by atoms with E-state index in [1.807, 2.05) is 36.4 Å². The standard InChI is InChI=1S/C25H28FN5O2S/c26-23-12-20(29-14-21-22(15-29)25(21)30-16-27-28-17-30)10-9-19(23)13-31-11-5-4-8-24(34(31,32)33)18-6-2-1-3-7-18/h1-3,6-7,9-10,12,16-17,21-22,24-25H,4-5,8,11,13-15H2/t21-,22+,24-,25?/m1/s1. The van der Waals surface area contributed by atoms with Crippen LogP contribution in [0.2, 0.25) is 0 Å². The summed E-state index contributed by atoms with van der Waals surface area (Å²) in [5.74, 6) is 0.732. The van der Waals surface area contributed by atoms with E-state index < -0.39 is 15.3 Å². The first kappa shape index (κ1) is 21.7. The Morgan fingerprint density at radius 3 is 2.41 bits per heavy atom. The Labute approximate surface area is 199 Å². The van der Waals surface area contributed by atoms with Crippen LogP contribution < -0.4 is 4.90 Å². The first-order valence-electron chi connectivity index (χ1n) is 11.9. The van der Waals surface area contributed by atoms with Crippen LogP contribution in [0.3, 0.4) is 0 Å². The summed E-state index contributed by atoms with van der Waals surface area (Å²) in [6, 6.07) is 15.1. The number of anilines is 1. The maximum absolute atomic E-state index is 15.2. The molecule has 0 amide bonds. The molecule has 9 heteroatoms. The third kappa shape index (κ3) is 3.80. The number of benzene rings is 2. The molecule has 2 aliphatic heterocycles. The molecule has 2 saturated heterocycles. The second kappa shape index (κ2) is 8.46. The molecule has 1 saturated carbocycles. The minimum Gasteiger partial charge on any atom is -0.371 e. The number of piperidine rings is 1. The van der Waals surface area contributed by atoms with Crippen LogP contribution in [0, 0.1) is 17.7 Å². The number of aromatic nitrogens is 3. The predicted octanol–water partition coefficient (Wildman–Crippen LogP) is 3.78. The topological polar surface area (TPSA) is 71.3 Å². The molecule has 3 aromatic rings. The van der Waals surface area contributed by atoms with Gasteiger partial charge in [0.15, 0.2) is 0 Å². The van der Waals surface area contributed by atoms with E-state index in [9.17, 15) is 8.42 Å². The SMILES string of the molecule is O=S1(=O)[C@@H](c2ccccc2)CCCCN1Cc1ccc(N2C[C@@H]3C(n4cnnc4)[C@@H]3C2)cc1F. The highest BCUT2D eigenvalue weighted by Gasteiger charge is 2.57. The fourth-order valence-electron chi connectivity index (χ4n) is 5.81. The molecule has 0 spiro atoms. The van der Waals surface area contributed by atoms with Gasteiger partial charge in [-0.05, 0) is 30.5 Å². The monoisotopic (exact) mass is 481 g/mol. The van der Waals surface area contributed by atoms with Gasteiger partial charge in [0, 0.05) is 55.3 Å². The fourth-order valence-corrected chi connectivity index (χ4v) is 7.84. The fraction of sp³-hybridized carbons (Fsp3) is 0.440. The Balaban J connectivity index is 1.16. The molecular formula is C25H28FN5O2S. The van der Waals surface area contributed by atoms with Crippen molar-refractivity contribution >= 4 is 15.7 Å². The molecule has 0 N–H and O–H groups in total. The summed E-state index contributed by atoms with van der Waals surface area (Å²) in [7, 11) is -3.58. The number of hydrogen-bond acceptors (Lipinski definition) is 5. The lowest BCUT2D eigenvalue weighted by Gasteiger charge is -2.26. The smallest absolute Gasteiger partial charge is 0.221 e. The molecule has 1 aliphatic carbocycles. The maximum Gasteiger partial charge on any atom is 0.221 e. The molecule has 3 heterocycles. The van der Waals surface area contributed by atoms with Gasteiger partial charge in [0.05, 0.1) is 0 Å². The van der Waals surface area contributed by atoms with Gasteiger partial charge in [-0.3, -0.25) is 0 Å². The predicted molar refractivity (Wildman–Crippen MR) is 127 cm³/mol. The van der Waals surface area contributed by atoms with Gasteiger partial charge in [-0.2, -0.15) is 4.31 Å². The Bertz CT molecular complexity index is 1260. The average Bonchev–Trinajstić information content (AvgIpc) is 3.19. The molecule has 2 aromatic carbocycles. The molecule has 3 aliphatic rings. The van der Waals surface area contributed by atoms with Crippen LogP contribution in [-0.2, 0) is 16.6 Å². The number of nitrogens with zero attached hydrogens (tertiary/aromatic N) is 5. The Morgan fingerprint density at radius 2 is 1.71 bits per heavy atom. The lowest BCUT2D eigenvalue weighted by Crippen LogP contribution is -2.34. The largest absolute Gasteiger partial charge is 0.371 e. The van der Waals surface area contributed by atoms with Crippen LogP contribution in [0.1, 0.15) is 41.7 Å². The van der Waals surface area contributed by atoms with Crippen molar-refractivity contribution in [1.82, 2.24) is 19.1 Å². The zero-order valence-electron chi connectivity index (χ0n) is 18.9. The van der Waals surface area contributed by atoms with Crippen LogP contribution in [0.4, 0.5) is 10.1 Å². The van der Waals surface area contributed by atoms with Crippen molar-refractivity contribution in [2.75, 3.05) is 24.5 Å². The number of rotatable bonds is 5. The highest BCUT2D eigenvalue weighted by molar-refractivity contribution is 7.89. The van der Waals surface area contributed by atoms with E-state index in [1.54, 1.807) is 24.8 Å². The summed E-state index contributed by atoms with van der Waals surface area (Å²) in [6.07, 6.45) is 5.75. The van der Waals surface area contributed by atoms with E-state index in [1.165, 1.54) is 4.31 Å². The van der Waals surface area contributed by atoms with E-state index in [4.69, 9.17) is 0 Å². The van der Waals surface area contributed by atoms with Crippen molar-refractivity contribution in [3.8, 4) is 0 Å². The van der Waals surface area contributed by atoms with Crippen LogP contribution in [-0.4, -0.2) is 47.1 Å². The molecule has 1 unspecified atom stereocenters. The van der Waals surface area contributed by atoms with E-state index in [0.29, 0.717) is 36.4 Å². The van der Waals surface area contributed by atoms with Gasteiger partial charge < -0.3 is 9.47 Å². The van der Waals surface area contributed by atoms with Gasteiger partial charge in [0.2, 0.25) is 10.0 Å². The molecule has 4 atom stereocenters. The van der Waals surface area contributed by atoms with Crippen LogP contribution in [0.15, 0.2) is 61.2 Å². The van der Waals surface area contributed by atoms with Gasteiger partial charge >= 0.3 is 0 Å². The quantitative estimate of drug-likeness (QED) is 0.555. The summed E-state index contributed by atoms with van der Waals surface area (Å²) in [4.78, 5) is 2.22. The number of halogens is 1. The number of fused-ring (bicyclic) bond motifs is 1. The highest BCUT2D eigenvalue weighted by atomic mass is 32.2. The summed E-state index contributed by atoms with van der Waals surface area (Å²) in [5.41, 5.74) is 2.09. The molecule has 0 radical (unpaired) electrons. The molecule has 34 heavy (non-hydrogen) atoms. The van der Waals surface area contributed by atoms with Gasteiger partial charge in [-0.25, -0.2) is 12.8 Å². The highest BCUT2D eigenvalue weighted by Crippen LogP contribution is 2.55. The van der Waals surface area contributed by atoms with Crippen molar-refractivity contribution in [1.29, 1.82) is 0 Å². The number of sulfonamides is 1. The van der Waals surface area contributed by atoms with Gasteiger partial charge in [0.25, 0.3) is 0 Å². The second-order valence-corrected chi connectivity index (χ2v) is 11.8. The molecule has 0 bridgehead atoms. The first-order valence-corrected chi connectivity index (χ1v) is 13.4. The lowest BCUT2D eigenvalue weighted by molar-refractivity contribution is 0.398. The van der Waals surface area contributed by atoms with E-state index >= 15 is 4.39 Å². The molecule has 3 fully saturated rings. The van der Waals surface area contributed by atoms with Crippen LogP contribution in [0.5, 0.6) is 0 Å². The van der Waals surface area contributed by atoms with Gasteiger partial charge in [-0.15, -0.1) is 10.2 Å². The minimum atomic E-state index is -3.58. The average molecular weight is 482 g/mol. The van der Waals surface area contributed by atoms with Crippen LogP contribution in [0.25, 0.3) is 0 Å². The van der Waals surface area contributed by atoms with E-state index in [-0.39, 0.29) is 12.4 Å². The Morgan fingerprint density at radius 1 is 0.971 bits per heavy atom. The van der Waals surface area contributed by atoms with Gasteiger partial charge in [0.1, 0.15) is 23.7 Å². The zero-order valence-corrected chi connectivity index (χ0v) is 19.7. The van der Waals surface area contributed by atoms with Crippen molar-refractivity contribution in [3.05, 3.63) is 78.1 Å². The summed E-state index contributed by atoms with van der Waals surface area (Å²) >= 11 is 0. The Hall–Kier alpha value is -2.78. The van der Waals surface area contributed by atoms with Crippen LogP contribution >= 0.6 is 0 Å². The van der Waals surface area contributed by atoms with E-state index in [2.05, 4.69) is 19.7 Å². The molecule has 7 nitrogen and oxygen atoms in total. The third-order valence-corrected chi connectivity index (χ3v) is 9.95. The maximum atomic E-state index is 15.2. The van der Waals surface area contributed by atoms with Crippen molar-refractivity contribution in [2.24, 2.45) is 11.8 Å². The van der Waals surface area contributed by atoms with Crippen molar-refractivity contribution in [3.63, 3.8) is 0 Å². The summed E-state index contributed by atoms with van der Waals surface area (Å²) < 4.78 is 45.7. The minimum absolute atomic E-state index is 0.0682. The summed E-state index contributed by atoms with van der Waals surface area (Å²) in [6.45, 7) is 2.25. The molecular weight excluding hydrogens is 453 g/mol. The number of hydrogen-bond donors (Lipinski definition) is 0.